The van der Waals surface area contributed by atoms with E-state index in [1.807, 2.05) is 0 Å². The molecule has 1 heterocycles. The molecule has 1 unspecified atom stereocenters. The maximum absolute atomic E-state index is 13.6. The van der Waals surface area contributed by atoms with Gasteiger partial charge in [0.05, 0.1) is 0 Å². The summed E-state index contributed by atoms with van der Waals surface area (Å²) < 4.78 is 14.4. The predicted molar refractivity (Wildman–Crippen MR) is 71.5 cm³/mol. The summed E-state index contributed by atoms with van der Waals surface area (Å²) in [7, 11) is 0. The van der Waals surface area contributed by atoms with Crippen LogP contribution < -0.4 is 5.73 Å². The van der Waals surface area contributed by atoms with Gasteiger partial charge in [0.2, 0.25) is 5.91 Å². The summed E-state index contributed by atoms with van der Waals surface area (Å²) in [6.45, 7) is 1.60. The van der Waals surface area contributed by atoms with Crippen molar-refractivity contribution in [2.45, 2.75) is 25.3 Å². The lowest BCUT2D eigenvalue weighted by molar-refractivity contribution is -0.130. The van der Waals surface area contributed by atoms with E-state index in [2.05, 4.69) is 15.9 Å². The number of likely N-dealkylation sites (tertiary alicyclic amines) is 1. The van der Waals surface area contributed by atoms with Crippen LogP contribution in [0.4, 0.5) is 4.39 Å². The average molecular weight is 315 g/mol. The van der Waals surface area contributed by atoms with Gasteiger partial charge in [0.25, 0.3) is 0 Å². The van der Waals surface area contributed by atoms with Crippen molar-refractivity contribution in [3.8, 4) is 0 Å². The second-order valence-corrected chi connectivity index (χ2v) is 5.48. The van der Waals surface area contributed by atoms with Gasteiger partial charge < -0.3 is 10.6 Å². The monoisotopic (exact) mass is 314 g/mol. The number of nitrogens with two attached hydrogens (primary N) is 1. The van der Waals surface area contributed by atoms with Gasteiger partial charge in [-0.3, -0.25) is 4.79 Å². The Morgan fingerprint density at radius 3 is 2.78 bits per heavy atom. The predicted octanol–water partition coefficient (Wildman–Crippen LogP) is 2.60. The molecule has 1 aromatic carbocycles. The average Bonchev–Trinajstić information content (AvgIpc) is 2.85. The smallest absolute Gasteiger partial charge is 0.224 e. The second kappa shape index (κ2) is 5.80. The van der Waals surface area contributed by atoms with Crippen molar-refractivity contribution < 1.29 is 9.18 Å². The van der Waals surface area contributed by atoms with Crippen LogP contribution >= 0.6 is 15.9 Å². The number of amides is 1. The molecule has 3 nitrogen and oxygen atoms in total. The van der Waals surface area contributed by atoms with Gasteiger partial charge in [0.15, 0.2) is 0 Å². The zero-order chi connectivity index (χ0) is 13.1. The lowest BCUT2D eigenvalue weighted by Crippen LogP contribution is -2.30. The molecule has 0 saturated carbocycles. The molecule has 0 aromatic heterocycles. The molecule has 98 valence electrons. The Labute approximate surface area is 114 Å². The van der Waals surface area contributed by atoms with Gasteiger partial charge in [-0.2, -0.15) is 0 Å². The summed E-state index contributed by atoms with van der Waals surface area (Å²) in [5.74, 6) is -0.348. The van der Waals surface area contributed by atoms with Crippen molar-refractivity contribution in [3.05, 3.63) is 34.1 Å². The zero-order valence-electron chi connectivity index (χ0n) is 10.0. The van der Waals surface area contributed by atoms with Crippen LogP contribution in [0.15, 0.2) is 22.7 Å². The molecule has 1 amide bonds. The molecule has 0 radical (unpaired) electrons. The van der Waals surface area contributed by atoms with E-state index in [4.69, 9.17) is 5.73 Å². The normalized spacial score (nSPS) is 16.9. The van der Waals surface area contributed by atoms with Crippen molar-refractivity contribution in [1.82, 2.24) is 4.90 Å². The molecule has 5 heteroatoms. The summed E-state index contributed by atoms with van der Waals surface area (Å²) in [5, 5.41) is 0. The van der Waals surface area contributed by atoms with E-state index in [0.29, 0.717) is 5.56 Å². The third-order valence-corrected chi connectivity index (χ3v) is 3.70. The van der Waals surface area contributed by atoms with E-state index in [1.54, 1.807) is 17.0 Å². The van der Waals surface area contributed by atoms with Gasteiger partial charge in [0.1, 0.15) is 5.82 Å². The minimum absolute atomic E-state index is 0.0133. The van der Waals surface area contributed by atoms with Crippen LogP contribution in [0.5, 0.6) is 0 Å². The molecule has 0 spiro atoms. The van der Waals surface area contributed by atoms with Crippen LogP contribution in [-0.2, 0) is 4.79 Å². The van der Waals surface area contributed by atoms with Crippen molar-refractivity contribution in [2.24, 2.45) is 5.73 Å². The molecule has 1 saturated heterocycles. The Hall–Kier alpha value is -0.940. The first-order valence-electron chi connectivity index (χ1n) is 6.06. The summed E-state index contributed by atoms with van der Waals surface area (Å²) in [4.78, 5) is 13.7. The van der Waals surface area contributed by atoms with Gasteiger partial charge in [-0.1, -0.05) is 15.9 Å². The van der Waals surface area contributed by atoms with E-state index in [1.165, 1.54) is 6.07 Å². The largest absolute Gasteiger partial charge is 0.343 e. The van der Waals surface area contributed by atoms with Gasteiger partial charge in [-0.25, -0.2) is 4.39 Å². The first-order chi connectivity index (χ1) is 8.58. The molecule has 1 fully saturated rings. The SMILES string of the molecule is NC(CC(=O)N1CCCC1)c1cc(Br)ccc1F. The first-order valence-corrected chi connectivity index (χ1v) is 6.85. The van der Waals surface area contributed by atoms with Crippen molar-refractivity contribution in [2.75, 3.05) is 13.1 Å². The zero-order valence-corrected chi connectivity index (χ0v) is 11.6. The number of rotatable bonds is 3. The number of carbonyl (C=O) groups excluding carboxylic acids is 1. The van der Waals surface area contributed by atoms with Gasteiger partial charge in [-0.15, -0.1) is 0 Å². The highest BCUT2D eigenvalue weighted by atomic mass is 79.9. The van der Waals surface area contributed by atoms with Crippen LogP contribution in [0.2, 0.25) is 0 Å². The van der Waals surface area contributed by atoms with E-state index in [0.717, 1.165) is 30.4 Å². The molecular formula is C13H16BrFN2O. The minimum Gasteiger partial charge on any atom is -0.343 e. The van der Waals surface area contributed by atoms with Gasteiger partial charge in [0, 0.05) is 35.6 Å². The number of hydrogen-bond acceptors (Lipinski definition) is 2. The molecular weight excluding hydrogens is 299 g/mol. The molecule has 18 heavy (non-hydrogen) atoms. The number of halogens is 2. The van der Waals surface area contributed by atoms with E-state index < -0.39 is 6.04 Å². The van der Waals surface area contributed by atoms with Crippen LogP contribution in [0.3, 0.4) is 0 Å². The fourth-order valence-electron chi connectivity index (χ4n) is 2.19. The first kappa shape index (κ1) is 13.5. The highest BCUT2D eigenvalue weighted by molar-refractivity contribution is 9.10. The van der Waals surface area contributed by atoms with Crippen molar-refractivity contribution in [3.63, 3.8) is 0 Å². The van der Waals surface area contributed by atoms with Gasteiger partial charge >= 0.3 is 0 Å². The van der Waals surface area contributed by atoms with Crippen LogP contribution in [0.1, 0.15) is 30.9 Å². The second-order valence-electron chi connectivity index (χ2n) is 4.56. The van der Waals surface area contributed by atoms with Crippen LogP contribution in [0, 0.1) is 5.82 Å². The van der Waals surface area contributed by atoms with E-state index in [-0.39, 0.29) is 18.1 Å². The Morgan fingerprint density at radius 2 is 2.11 bits per heavy atom. The molecule has 1 aliphatic heterocycles. The fraction of sp³-hybridized carbons (Fsp3) is 0.462. The Balaban J connectivity index is 2.04. The number of hydrogen-bond donors (Lipinski definition) is 1. The molecule has 1 aromatic rings. The Morgan fingerprint density at radius 1 is 1.44 bits per heavy atom. The highest BCUT2D eigenvalue weighted by Gasteiger charge is 2.22. The lowest BCUT2D eigenvalue weighted by atomic mass is 10.0. The third-order valence-electron chi connectivity index (χ3n) is 3.21. The van der Waals surface area contributed by atoms with Crippen molar-refractivity contribution >= 4 is 21.8 Å². The van der Waals surface area contributed by atoms with Crippen LogP contribution in [0.25, 0.3) is 0 Å². The van der Waals surface area contributed by atoms with Gasteiger partial charge in [-0.05, 0) is 31.0 Å². The Bertz CT molecular complexity index is 447. The number of nitrogens with zero attached hydrogens (tertiary/aromatic N) is 1. The van der Waals surface area contributed by atoms with E-state index in [9.17, 15) is 9.18 Å². The molecule has 1 atom stereocenters. The number of carbonyl (C=O) groups is 1. The minimum atomic E-state index is -0.587. The van der Waals surface area contributed by atoms with Crippen molar-refractivity contribution in [1.29, 1.82) is 0 Å². The maximum atomic E-state index is 13.6. The van der Waals surface area contributed by atoms with Crippen LogP contribution in [-0.4, -0.2) is 23.9 Å². The standard InChI is InChI=1S/C13H16BrFN2O/c14-9-3-4-11(15)10(7-9)12(16)8-13(18)17-5-1-2-6-17/h3-4,7,12H,1-2,5-6,8,16H2. The van der Waals surface area contributed by atoms with E-state index >= 15 is 0 Å². The molecule has 2 N–H and O–H groups in total. The molecule has 2 rings (SSSR count). The summed E-state index contributed by atoms with van der Waals surface area (Å²) in [6, 6.07) is 4.03. The topological polar surface area (TPSA) is 46.3 Å². The quantitative estimate of drug-likeness (QED) is 0.932. The molecule has 1 aliphatic rings. The number of benzene rings is 1. The third kappa shape index (κ3) is 3.09. The Kier molecular flexibility index (Phi) is 4.35. The summed E-state index contributed by atoms with van der Waals surface area (Å²) >= 11 is 3.28. The molecule has 0 aliphatic carbocycles. The highest BCUT2D eigenvalue weighted by Crippen LogP contribution is 2.23. The fourth-order valence-corrected chi connectivity index (χ4v) is 2.57. The summed E-state index contributed by atoms with van der Waals surface area (Å²) in [5.41, 5.74) is 6.31. The lowest BCUT2D eigenvalue weighted by Gasteiger charge is -2.19. The maximum Gasteiger partial charge on any atom is 0.224 e. The molecule has 0 bridgehead atoms. The summed E-state index contributed by atoms with van der Waals surface area (Å²) in [6.07, 6.45) is 2.26.